The molecule has 2 rings (SSSR count). The molecule has 7 heteroatoms. The summed E-state index contributed by atoms with van der Waals surface area (Å²) in [5.74, 6) is -1.15. The van der Waals surface area contributed by atoms with E-state index in [4.69, 9.17) is 0 Å². The van der Waals surface area contributed by atoms with E-state index in [1.165, 1.54) is 23.9 Å². The van der Waals surface area contributed by atoms with Gasteiger partial charge in [-0.05, 0) is 43.3 Å². The molecule has 0 bridgehead atoms. The molecule has 4 nitrogen and oxygen atoms in total. The van der Waals surface area contributed by atoms with Crippen LogP contribution in [0.5, 0.6) is 0 Å². The van der Waals surface area contributed by atoms with Crippen LogP contribution in [0.3, 0.4) is 0 Å². The number of nitrogens with one attached hydrogen (secondary N) is 2. The molecule has 2 amide bonds. The highest BCUT2D eigenvalue weighted by Gasteiger charge is 2.04. The topological polar surface area (TPSA) is 58.2 Å². The lowest BCUT2D eigenvalue weighted by Gasteiger charge is -2.05. The normalized spacial score (nSPS) is 10.7. The summed E-state index contributed by atoms with van der Waals surface area (Å²) in [6.45, 7) is 1.99. The van der Waals surface area contributed by atoms with E-state index in [-0.39, 0.29) is 17.2 Å². The average Bonchev–Trinajstić information content (AvgIpc) is 2.60. The summed E-state index contributed by atoms with van der Waals surface area (Å²) in [7, 11) is 0. The third-order valence-electron chi connectivity index (χ3n) is 3.09. The minimum Gasteiger partial charge on any atom is -0.272 e. The number of benzene rings is 2. The van der Waals surface area contributed by atoms with Gasteiger partial charge in [-0.1, -0.05) is 33.6 Å². The lowest BCUT2D eigenvalue weighted by Crippen LogP contribution is -2.41. The molecule has 0 aliphatic rings. The van der Waals surface area contributed by atoms with Crippen molar-refractivity contribution in [3.05, 3.63) is 70.0 Å². The average molecular weight is 423 g/mol. The van der Waals surface area contributed by atoms with E-state index >= 15 is 0 Å². The minimum atomic E-state index is -0.548. The minimum absolute atomic E-state index is 0.174. The number of rotatable bonds is 5. The highest BCUT2D eigenvalue weighted by Crippen LogP contribution is 2.18. The summed E-state index contributed by atoms with van der Waals surface area (Å²) in [5.41, 5.74) is 5.99. The van der Waals surface area contributed by atoms with E-state index in [0.29, 0.717) is 4.47 Å². The molecule has 0 saturated carbocycles. The van der Waals surface area contributed by atoms with Gasteiger partial charge in [0.25, 0.3) is 5.91 Å². The van der Waals surface area contributed by atoms with Crippen molar-refractivity contribution in [1.82, 2.24) is 10.9 Å². The van der Waals surface area contributed by atoms with Gasteiger partial charge >= 0.3 is 0 Å². The van der Waals surface area contributed by atoms with Crippen molar-refractivity contribution >= 4 is 45.6 Å². The quantitative estimate of drug-likeness (QED) is 0.437. The number of thioether (sulfide) groups is 1. The molecule has 0 aromatic heterocycles. The van der Waals surface area contributed by atoms with Crippen LogP contribution in [0.4, 0.5) is 4.39 Å². The Morgan fingerprint density at radius 2 is 1.88 bits per heavy atom. The van der Waals surface area contributed by atoms with Crippen LogP contribution in [0, 0.1) is 12.7 Å². The molecule has 0 atom stereocenters. The highest BCUT2D eigenvalue weighted by atomic mass is 79.9. The fraction of sp³-hybridized carbons (Fsp3) is 0.111. The van der Waals surface area contributed by atoms with E-state index in [2.05, 4.69) is 26.8 Å². The van der Waals surface area contributed by atoms with Crippen LogP contribution in [0.2, 0.25) is 0 Å². The molecule has 130 valence electrons. The molecule has 0 aliphatic heterocycles. The predicted octanol–water partition coefficient (Wildman–Crippen LogP) is 3.85. The summed E-state index contributed by atoms with van der Waals surface area (Å²) >= 11 is 4.60. The van der Waals surface area contributed by atoms with Crippen molar-refractivity contribution in [3.63, 3.8) is 0 Å². The van der Waals surface area contributed by atoms with Gasteiger partial charge in [0.2, 0.25) is 5.91 Å². The lowest BCUT2D eigenvalue weighted by molar-refractivity contribution is -0.125. The van der Waals surface area contributed by atoms with Crippen molar-refractivity contribution in [2.24, 2.45) is 0 Å². The zero-order chi connectivity index (χ0) is 18.2. The third-order valence-corrected chi connectivity index (χ3v) is 4.59. The van der Waals surface area contributed by atoms with Gasteiger partial charge in [-0.15, -0.1) is 11.8 Å². The zero-order valence-electron chi connectivity index (χ0n) is 13.4. The summed E-state index contributed by atoms with van der Waals surface area (Å²) in [6, 6.07) is 12.2. The Morgan fingerprint density at radius 1 is 1.16 bits per heavy atom. The number of carbonyl (C=O) groups excluding carboxylic acids is 2. The van der Waals surface area contributed by atoms with Crippen LogP contribution in [-0.2, 0) is 9.59 Å². The van der Waals surface area contributed by atoms with Crippen molar-refractivity contribution in [1.29, 1.82) is 0 Å². The Balaban J connectivity index is 1.77. The first-order valence-corrected chi connectivity index (χ1v) is 9.13. The number of carbonyl (C=O) groups is 2. The van der Waals surface area contributed by atoms with Crippen LogP contribution >= 0.6 is 27.7 Å². The summed E-state index contributed by atoms with van der Waals surface area (Å²) in [5, 5.41) is 0. The van der Waals surface area contributed by atoms with Crippen molar-refractivity contribution < 1.29 is 14.0 Å². The van der Waals surface area contributed by atoms with E-state index in [1.54, 1.807) is 12.1 Å². The third kappa shape index (κ3) is 6.72. The van der Waals surface area contributed by atoms with Crippen LogP contribution < -0.4 is 10.9 Å². The Labute approximate surface area is 158 Å². The zero-order valence-corrected chi connectivity index (χ0v) is 15.8. The molecule has 2 aromatic carbocycles. The molecule has 0 heterocycles. The van der Waals surface area contributed by atoms with Crippen LogP contribution in [0.1, 0.15) is 11.1 Å². The van der Waals surface area contributed by atoms with Crippen molar-refractivity contribution in [2.45, 2.75) is 11.8 Å². The van der Waals surface area contributed by atoms with E-state index < -0.39 is 11.7 Å². The molecule has 0 aliphatic carbocycles. The first kappa shape index (κ1) is 19.2. The monoisotopic (exact) mass is 422 g/mol. The van der Waals surface area contributed by atoms with Gasteiger partial charge in [0.05, 0.1) is 5.75 Å². The number of hydrogen-bond donors (Lipinski definition) is 2. The fourth-order valence-corrected chi connectivity index (χ4v) is 2.88. The summed E-state index contributed by atoms with van der Waals surface area (Å²) in [4.78, 5) is 24.4. The predicted molar refractivity (Wildman–Crippen MR) is 101 cm³/mol. The summed E-state index contributed by atoms with van der Waals surface area (Å²) in [6.07, 6.45) is 2.49. The molecule has 2 aromatic rings. The number of aryl methyl sites for hydroxylation is 1. The van der Waals surface area contributed by atoms with Gasteiger partial charge < -0.3 is 0 Å². The second kappa shape index (κ2) is 9.39. The number of hydrazine groups is 1. The maximum Gasteiger partial charge on any atom is 0.262 e. The molecule has 0 fully saturated rings. The standard InChI is InChI=1S/C18H16BrFN2O2S/c1-12-2-6-15(7-3-12)25-11-18(24)22-21-17(23)9-4-13-10-14(19)5-8-16(13)20/h2-10H,11H2,1H3,(H,21,23)(H,22,24)/b9-4+. The van der Waals surface area contributed by atoms with Crippen molar-refractivity contribution in [2.75, 3.05) is 5.75 Å². The largest absolute Gasteiger partial charge is 0.272 e. The molecular weight excluding hydrogens is 407 g/mol. The first-order chi connectivity index (χ1) is 11.9. The van der Waals surface area contributed by atoms with Gasteiger partial charge in [0.15, 0.2) is 0 Å². The van der Waals surface area contributed by atoms with Crippen LogP contribution in [0.15, 0.2) is 57.9 Å². The molecule has 0 saturated heterocycles. The van der Waals surface area contributed by atoms with Crippen LogP contribution in [0.25, 0.3) is 6.08 Å². The number of amides is 2. The molecule has 0 unspecified atom stereocenters. The number of halogens is 2. The molecular formula is C18H16BrFN2O2S. The van der Waals surface area contributed by atoms with E-state index in [0.717, 1.165) is 16.5 Å². The second-order valence-electron chi connectivity index (χ2n) is 5.14. The van der Waals surface area contributed by atoms with Crippen molar-refractivity contribution in [3.8, 4) is 0 Å². The fourth-order valence-electron chi connectivity index (χ4n) is 1.80. The van der Waals surface area contributed by atoms with Gasteiger partial charge in [-0.2, -0.15) is 0 Å². The first-order valence-electron chi connectivity index (χ1n) is 7.35. The van der Waals surface area contributed by atoms with Crippen LogP contribution in [-0.4, -0.2) is 17.6 Å². The maximum absolute atomic E-state index is 13.5. The smallest absolute Gasteiger partial charge is 0.262 e. The molecule has 0 spiro atoms. The molecule has 0 radical (unpaired) electrons. The lowest BCUT2D eigenvalue weighted by atomic mass is 10.2. The second-order valence-corrected chi connectivity index (χ2v) is 7.10. The maximum atomic E-state index is 13.5. The Bertz CT molecular complexity index is 794. The molecule has 2 N–H and O–H groups in total. The van der Waals surface area contributed by atoms with E-state index in [1.807, 2.05) is 31.2 Å². The highest BCUT2D eigenvalue weighted by molar-refractivity contribution is 9.10. The van der Waals surface area contributed by atoms with Gasteiger partial charge in [0, 0.05) is 21.0 Å². The Morgan fingerprint density at radius 3 is 2.60 bits per heavy atom. The van der Waals surface area contributed by atoms with Gasteiger partial charge in [-0.25, -0.2) is 4.39 Å². The van der Waals surface area contributed by atoms with E-state index in [9.17, 15) is 14.0 Å². The Hall–Kier alpha value is -2.12. The molecule has 25 heavy (non-hydrogen) atoms. The number of hydrogen-bond acceptors (Lipinski definition) is 3. The van der Waals surface area contributed by atoms with Gasteiger partial charge in [0.1, 0.15) is 5.82 Å². The van der Waals surface area contributed by atoms with Gasteiger partial charge in [-0.3, -0.25) is 20.4 Å². The summed E-state index contributed by atoms with van der Waals surface area (Å²) < 4.78 is 14.2. The SMILES string of the molecule is Cc1ccc(SCC(=O)NNC(=O)/C=C/c2cc(Br)ccc2F)cc1. The Kier molecular flexibility index (Phi) is 7.21.